The van der Waals surface area contributed by atoms with Crippen molar-refractivity contribution in [3.8, 4) is 17.2 Å². The van der Waals surface area contributed by atoms with E-state index in [9.17, 15) is 0 Å². The topological polar surface area (TPSA) is 27.7 Å². The molecule has 0 radical (unpaired) electrons. The summed E-state index contributed by atoms with van der Waals surface area (Å²) in [4.78, 5) is 0. The quantitative estimate of drug-likeness (QED) is 0.702. The van der Waals surface area contributed by atoms with Crippen LogP contribution < -0.4 is 14.2 Å². The van der Waals surface area contributed by atoms with Crippen molar-refractivity contribution in [1.29, 1.82) is 0 Å². The lowest BCUT2D eigenvalue weighted by molar-refractivity contribution is 0.358. The summed E-state index contributed by atoms with van der Waals surface area (Å²) in [5.74, 6) is 2.48. The number of fused-ring (bicyclic) bond motifs is 3. The first-order valence-corrected chi connectivity index (χ1v) is 7.89. The highest BCUT2D eigenvalue weighted by Crippen LogP contribution is 2.42. The molecule has 0 amide bonds. The SMILES string of the molecule is COc1ccc(C2=CCOc3ccc4ccccc4c32)c(OC)c1. The van der Waals surface area contributed by atoms with Crippen molar-refractivity contribution in [3.63, 3.8) is 0 Å². The van der Waals surface area contributed by atoms with Gasteiger partial charge in [0.2, 0.25) is 0 Å². The van der Waals surface area contributed by atoms with Crippen molar-refractivity contribution >= 4 is 16.3 Å². The molecule has 3 aromatic rings. The van der Waals surface area contributed by atoms with Gasteiger partial charge in [0.05, 0.1) is 14.2 Å². The fraction of sp³-hybridized carbons (Fsp3) is 0.143. The minimum Gasteiger partial charge on any atom is -0.497 e. The Labute approximate surface area is 141 Å². The second kappa shape index (κ2) is 5.93. The molecule has 1 aliphatic heterocycles. The molecule has 0 unspecified atom stereocenters. The highest BCUT2D eigenvalue weighted by molar-refractivity contribution is 6.01. The molecule has 1 heterocycles. The van der Waals surface area contributed by atoms with Crippen LogP contribution in [0.1, 0.15) is 11.1 Å². The molecule has 0 saturated heterocycles. The molecular weight excluding hydrogens is 300 g/mol. The van der Waals surface area contributed by atoms with E-state index in [-0.39, 0.29) is 0 Å². The zero-order chi connectivity index (χ0) is 16.5. The Kier molecular flexibility index (Phi) is 3.62. The molecule has 3 nitrogen and oxygen atoms in total. The third-order valence-corrected chi connectivity index (χ3v) is 4.39. The van der Waals surface area contributed by atoms with E-state index < -0.39 is 0 Å². The molecular formula is C21H18O3. The van der Waals surface area contributed by atoms with Gasteiger partial charge in [-0.2, -0.15) is 0 Å². The standard InChI is InChI=1S/C21H18O3/c1-22-15-8-9-17(20(13-15)23-2)18-11-12-24-19-10-7-14-5-3-4-6-16(14)21(18)19/h3-11,13H,12H2,1-2H3. The van der Waals surface area contributed by atoms with Crippen LogP contribution in [0.4, 0.5) is 0 Å². The highest BCUT2D eigenvalue weighted by Gasteiger charge is 2.21. The van der Waals surface area contributed by atoms with Gasteiger partial charge in [0.25, 0.3) is 0 Å². The number of hydrogen-bond acceptors (Lipinski definition) is 3. The summed E-state index contributed by atoms with van der Waals surface area (Å²) in [6.07, 6.45) is 2.11. The summed E-state index contributed by atoms with van der Waals surface area (Å²) in [6.45, 7) is 0.551. The van der Waals surface area contributed by atoms with Gasteiger partial charge in [-0.3, -0.25) is 0 Å². The van der Waals surface area contributed by atoms with Gasteiger partial charge in [0.1, 0.15) is 23.9 Å². The number of hydrogen-bond donors (Lipinski definition) is 0. The molecule has 0 saturated carbocycles. The summed E-state index contributed by atoms with van der Waals surface area (Å²) < 4.78 is 16.8. The van der Waals surface area contributed by atoms with E-state index in [1.54, 1.807) is 14.2 Å². The largest absolute Gasteiger partial charge is 0.497 e. The fourth-order valence-electron chi connectivity index (χ4n) is 3.23. The van der Waals surface area contributed by atoms with E-state index in [1.807, 2.05) is 24.3 Å². The lowest BCUT2D eigenvalue weighted by Gasteiger charge is -2.22. The van der Waals surface area contributed by atoms with Crippen molar-refractivity contribution in [3.05, 3.63) is 71.8 Å². The molecule has 0 aliphatic carbocycles. The first kappa shape index (κ1) is 14.6. The predicted molar refractivity (Wildman–Crippen MR) is 96.1 cm³/mol. The molecule has 0 spiro atoms. The molecule has 24 heavy (non-hydrogen) atoms. The molecule has 1 aliphatic rings. The van der Waals surface area contributed by atoms with Crippen molar-refractivity contribution in [2.75, 3.05) is 20.8 Å². The number of rotatable bonds is 3. The van der Waals surface area contributed by atoms with Crippen LogP contribution in [0.3, 0.4) is 0 Å². The molecule has 3 aromatic carbocycles. The number of benzene rings is 3. The van der Waals surface area contributed by atoms with Gasteiger partial charge in [-0.15, -0.1) is 0 Å². The molecule has 0 atom stereocenters. The average Bonchev–Trinajstić information content (AvgIpc) is 2.66. The molecule has 0 bridgehead atoms. The maximum absolute atomic E-state index is 5.86. The van der Waals surface area contributed by atoms with E-state index in [4.69, 9.17) is 14.2 Å². The van der Waals surface area contributed by atoms with Crippen LogP contribution in [0.25, 0.3) is 16.3 Å². The Morgan fingerprint density at radius 1 is 0.917 bits per heavy atom. The molecule has 0 fully saturated rings. The minimum absolute atomic E-state index is 0.551. The van der Waals surface area contributed by atoms with Crippen LogP contribution in [-0.4, -0.2) is 20.8 Å². The number of methoxy groups -OCH3 is 2. The van der Waals surface area contributed by atoms with Gasteiger partial charge in [0.15, 0.2) is 0 Å². The second-order valence-corrected chi connectivity index (χ2v) is 5.65. The van der Waals surface area contributed by atoms with E-state index in [0.29, 0.717) is 6.61 Å². The highest BCUT2D eigenvalue weighted by atomic mass is 16.5. The third kappa shape index (κ3) is 2.29. The lowest BCUT2D eigenvalue weighted by atomic mass is 9.90. The van der Waals surface area contributed by atoms with Gasteiger partial charge in [-0.1, -0.05) is 30.3 Å². The van der Waals surface area contributed by atoms with Crippen molar-refractivity contribution < 1.29 is 14.2 Å². The summed E-state index contributed by atoms with van der Waals surface area (Å²) in [5.41, 5.74) is 3.29. The normalized spacial score (nSPS) is 13.0. The smallest absolute Gasteiger partial charge is 0.130 e. The van der Waals surface area contributed by atoms with Crippen LogP contribution in [0.5, 0.6) is 17.2 Å². The van der Waals surface area contributed by atoms with Gasteiger partial charge in [-0.05, 0) is 40.6 Å². The van der Waals surface area contributed by atoms with E-state index >= 15 is 0 Å². The molecule has 0 N–H and O–H groups in total. The van der Waals surface area contributed by atoms with Crippen molar-refractivity contribution in [2.45, 2.75) is 0 Å². The summed E-state index contributed by atoms with van der Waals surface area (Å²) >= 11 is 0. The van der Waals surface area contributed by atoms with Crippen LogP contribution in [0.15, 0.2) is 60.7 Å². The van der Waals surface area contributed by atoms with E-state index in [2.05, 4.69) is 36.4 Å². The van der Waals surface area contributed by atoms with Crippen LogP contribution >= 0.6 is 0 Å². The molecule has 0 aromatic heterocycles. The maximum Gasteiger partial charge on any atom is 0.130 e. The Balaban J connectivity index is 1.96. The Morgan fingerprint density at radius 3 is 2.62 bits per heavy atom. The van der Waals surface area contributed by atoms with Gasteiger partial charge in [-0.25, -0.2) is 0 Å². The van der Waals surface area contributed by atoms with Crippen molar-refractivity contribution in [1.82, 2.24) is 0 Å². The van der Waals surface area contributed by atoms with Gasteiger partial charge < -0.3 is 14.2 Å². The van der Waals surface area contributed by atoms with E-state index in [1.165, 1.54) is 10.8 Å². The number of ether oxygens (including phenoxy) is 3. The Hall–Kier alpha value is -2.94. The predicted octanol–water partition coefficient (Wildman–Crippen LogP) is 4.68. The van der Waals surface area contributed by atoms with Crippen molar-refractivity contribution in [2.24, 2.45) is 0 Å². The zero-order valence-electron chi connectivity index (χ0n) is 13.7. The Morgan fingerprint density at radius 2 is 1.79 bits per heavy atom. The average molecular weight is 318 g/mol. The fourth-order valence-corrected chi connectivity index (χ4v) is 3.23. The van der Waals surface area contributed by atoms with Gasteiger partial charge >= 0.3 is 0 Å². The minimum atomic E-state index is 0.551. The monoisotopic (exact) mass is 318 g/mol. The lowest BCUT2D eigenvalue weighted by Crippen LogP contribution is -2.07. The van der Waals surface area contributed by atoms with Crippen LogP contribution in [0, 0.1) is 0 Å². The zero-order valence-corrected chi connectivity index (χ0v) is 13.7. The first-order valence-electron chi connectivity index (χ1n) is 7.89. The summed E-state index contributed by atoms with van der Waals surface area (Å²) in [7, 11) is 3.34. The molecule has 4 rings (SSSR count). The maximum atomic E-state index is 5.86. The van der Waals surface area contributed by atoms with E-state index in [0.717, 1.165) is 33.9 Å². The summed E-state index contributed by atoms with van der Waals surface area (Å²) in [5, 5.41) is 2.37. The second-order valence-electron chi connectivity index (χ2n) is 5.65. The van der Waals surface area contributed by atoms with Gasteiger partial charge in [0, 0.05) is 17.2 Å². The molecule has 120 valence electrons. The van der Waals surface area contributed by atoms with Crippen LogP contribution in [0.2, 0.25) is 0 Å². The third-order valence-electron chi connectivity index (χ3n) is 4.39. The Bertz CT molecular complexity index is 941. The first-order chi connectivity index (χ1) is 11.8. The molecule has 3 heteroatoms. The summed E-state index contributed by atoms with van der Waals surface area (Å²) in [6, 6.07) is 18.4. The van der Waals surface area contributed by atoms with Crippen LogP contribution in [-0.2, 0) is 0 Å².